The van der Waals surface area contributed by atoms with Crippen molar-refractivity contribution in [3.63, 3.8) is 0 Å². The van der Waals surface area contributed by atoms with E-state index >= 15 is 0 Å². The van der Waals surface area contributed by atoms with Crippen LogP contribution < -0.4 is 5.32 Å². The highest BCUT2D eigenvalue weighted by Gasteiger charge is 2.20. The number of benzene rings is 1. The van der Waals surface area contributed by atoms with Crippen LogP contribution in [0.5, 0.6) is 0 Å². The van der Waals surface area contributed by atoms with E-state index in [4.69, 9.17) is 0 Å². The Morgan fingerprint density at radius 2 is 1.86 bits per heavy atom. The summed E-state index contributed by atoms with van der Waals surface area (Å²) in [6.45, 7) is 0. The third-order valence-electron chi connectivity index (χ3n) is 3.60. The summed E-state index contributed by atoms with van der Waals surface area (Å²) in [5, 5.41) is 3.28. The monoisotopic (exact) mass is 301 g/mol. The van der Waals surface area contributed by atoms with Gasteiger partial charge in [0, 0.05) is 0 Å². The molecule has 1 unspecified atom stereocenters. The van der Waals surface area contributed by atoms with E-state index in [2.05, 4.69) is 26.9 Å². The van der Waals surface area contributed by atoms with Crippen LogP contribution in [0.25, 0.3) is 0 Å². The molecule has 0 spiro atoms. The number of esters is 2. The van der Waals surface area contributed by atoms with Crippen molar-refractivity contribution in [3.8, 4) is 0 Å². The minimum atomic E-state index is -0.720. The molecule has 0 aromatic heterocycles. The van der Waals surface area contributed by atoms with Crippen LogP contribution in [0.15, 0.2) is 48.2 Å². The first kappa shape index (κ1) is 15.8. The molecule has 1 N–H and O–H groups in total. The number of carbonyl (C=O) groups excluding carboxylic acids is 2. The van der Waals surface area contributed by atoms with E-state index in [-0.39, 0.29) is 11.6 Å². The molecule has 22 heavy (non-hydrogen) atoms. The fourth-order valence-corrected chi connectivity index (χ4v) is 2.49. The number of methoxy groups -OCH3 is 2. The van der Waals surface area contributed by atoms with E-state index in [1.165, 1.54) is 31.4 Å². The van der Waals surface area contributed by atoms with Crippen molar-refractivity contribution in [2.45, 2.75) is 18.9 Å². The first-order chi connectivity index (χ1) is 10.7. The lowest BCUT2D eigenvalue weighted by Crippen LogP contribution is -2.16. The molecule has 5 nitrogen and oxygen atoms in total. The maximum Gasteiger partial charge on any atom is 0.345 e. The average Bonchev–Trinajstić information content (AvgIpc) is 2.97. The number of rotatable bonds is 5. The van der Waals surface area contributed by atoms with E-state index < -0.39 is 11.9 Å². The van der Waals surface area contributed by atoms with Gasteiger partial charge in [-0.05, 0) is 42.3 Å². The molecule has 0 fully saturated rings. The largest absolute Gasteiger partial charge is 0.465 e. The Bertz CT molecular complexity index is 601. The Morgan fingerprint density at radius 3 is 2.55 bits per heavy atom. The van der Waals surface area contributed by atoms with Crippen LogP contribution in [-0.4, -0.2) is 26.2 Å². The summed E-state index contributed by atoms with van der Waals surface area (Å²) in [6.07, 6.45) is 6.77. The fraction of sp³-hybridized carbons (Fsp3) is 0.294. The molecule has 0 amide bonds. The van der Waals surface area contributed by atoms with E-state index in [0.717, 1.165) is 12.8 Å². The number of fused-ring (bicyclic) bond motifs is 1. The maximum atomic E-state index is 11.5. The maximum absolute atomic E-state index is 11.5. The highest BCUT2D eigenvalue weighted by molar-refractivity contribution is 6.14. The Morgan fingerprint density at radius 1 is 1.18 bits per heavy atom. The Labute approximate surface area is 129 Å². The van der Waals surface area contributed by atoms with Gasteiger partial charge in [-0.25, -0.2) is 9.59 Å². The van der Waals surface area contributed by atoms with E-state index in [1.54, 1.807) is 12.3 Å². The van der Waals surface area contributed by atoms with Gasteiger partial charge in [-0.2, -0.15) is 0 Å². The first-order valence-electron chi connectivity index (χ1n) is 7.04. The summed E-state index contributed by atoms with van der Waals surface area (Å²) in [5.41, 5.74) is 2.50. The highest BCUT2D eigenvalue weighted by Crippen LogP contribution is 2.30. The molecule has 1 aromatic carbocycles. The minimum Gasteiger partial charge on any atom is -0.465 e. The molecule has 0 saturated carbocycles. The number of hydrogen-bond donors (Lipinski definition) is 1. The van der Waals surface area contributed by atoms with Crippen LogP contribution >= 0.6 is 0 Å². The normalized spacial score (nSPS) is 16.0. The first-order valence-corrected chi connectivity index (χ1v) is 7.04. The Balaban J connectivity index is 2.01. The van der Waals surface area contributed by atoms with Gasteiger partial charge < -0.3 is 14.8 Å². The predicted octanol–water partition coefficient (Wildman–Crippen LogP) is 2.05. The molecule has 116 valence electrons. The molecular weight excluding hydrogens is 282 g/mol. The third kappa shape index (κ3) is 3.55. The van der Waals surface area contributed by atoms with Gasteiger partial charge in [0.2, 0.25) is 0 Å². The molecule has 1 atom stereocenters. The topological polar surface area (TPSA) is 64.6 Å². The minimum absolute atomic E-state index is 0.144. The van der Waals surface area contributed by atoms with Crippen LogP contribution in [0.2, 0.25) is 0 Å². The molecule has 1 aromatic rings. The molecule has 0 radical (unpaired) electrons. The average molecular weight is 301 g/mol. The Hall–Kier alpha value is -2.56. The number of carbonyl (C=O) groups is 2. The van der Waals surface area contributed by atoms with Crippen LogP contribution in [0.3, 0.4) is 0 Å². The lowest BCUT2D eigenvalue weighted by Gasteiger charge is -2.11. The molecule has 0 bridgehead atoms. The highest BCUT2D eigenvalue weighted by atomic mass is 16.5. The number of allylic oxidation sites excluding steroid dienone is 2. The molecule has 0 heterocycles. The molecule has 2 rings (SSSR count). The summed E-state index contributed by atoms with van der Waals surface area (Å²) in [7, 11) is 2.44. The zero-order valence-corrected chi connectivity index (χ0v) is 12.7. The zero-order valence-electron chi connectivity index (χ0n) is 12.7. The number of hydrogen-bond acceptors (Lipinski definition) is 5. The van der Waals surface area contributed by atoms with Crippen LogP contribution in [0, 0.1) is 0 Å². The van der Waals surface area contributed by atoms with Gasteiger partial charge in [0.15, 0.2) is 0 Å². The van der Waals surface area contributed by atoms with Gasteiger partial charge in [0.05, 0.1) is 20.3 Å². The van der Waals surface area contributed by atoms with Crippen molar-refractivity contribution in [2.75, 3.05) is 14.2 Å². The second kappa shape index (κ2) is 7.45. The summed E-state index contributed by atoms with van der Waals surface area (Å²) >= 11 is 0. The van der Waals surface area contributed by atoms with E-state index in [0.29, 0.717) is 0 Å². The zero-order chi connectivity index (χ0) is 15.9. The van der Waals surface area contributed by atoms with E-state index in [9.17, 15) is 9.59 Å². The third-order valence-corrected chi connectivity index (χ3v) is 3.60. The molecule has 1 aliphatic rings. The number of aryl methyl sites for hydroxylation is 1. The molecular formula is C17H19NO4. The number of ether oxygens (including phenoxy) is 2. The second-order valence-corrected chi connectivity index (χ2v) is 4.88. The van der Waals surface area contributed by atoms with Crippen LogP contribution in [-0.2, 0) is 25.5 Å². The van der Waals surface area contributed by atoms with Gasteiger partial charge >= 0.3 is 11.9 Å². The van der Waals surface area contributed by atoms with Gasteiger partial charge in [-0.1, -0.05) is 24.3 Å². The number of nitrogens with one attached hydrogen (secondary N) is 1. The van der Waals surface area contributed by atoms with Crippen molar-refractivity contribution < 1.29 is 19.1 Å². The SMILES string of the molecule is COC(=O)C(=CC=CNC1CCc2ccccc21)C(=O)OC. The van der Waals surface area contributed by atoms with Gasteiger partial charge in [0.1, 0.15) is 5.57 Å². The molecule has 0 aliphatic heterocycles. The van der Waals surface area contributed by atoms with Crippen molar-refractivity contribution >= 4 is 11.9 Å². The van der Waals surface area contributed by atoms with Gasteiger partial charge in [-0.3, -0.25) is 0 Å². The van der Waals surface area contributed by atoms with Crippen molar-refractivity contribution in [1.82, 2.24) is 5.32 Å². The van der Waals surface area contributed by atoms with Crippen LogP contribution in [0.4, 0.5) is 0 Å². The smallest absolute Gasteiger partial charge is 0.345 e. The fourth-order valence-electron chi connectivity index (χ4n) is 2.49. The summed E-state index contributed by atoms with van der Waals surface area (Å²) in [5.74, 6) is -1.44. The second-order valence-electron chi connectivity index (χ2n) is 4.88. The summed E-state index contributed by atoms with van der Waals surface area (Å²) < 4.78 is 9.10. The Kier molecular flexibility index (Phi) is 5.36. The van der Waals surface area contributed by atoms with Crippen molar-refractivity contribution in [3.05, 3.63) is 59.3 Å². The van der Waals surface area contributed by atoms with Crippen LogP contribution in [0.1, 0.15) is 23.6 Å². The van der Waals surface area contributed by atoms with Crippen molar-refractivity contribution in [1.29, 1.82) is 0 Å². The lowest BCUT2D eigenvalue weighted by atomic mass is 10.1. The van der Waals surface area contributed by atoms with E-state index in [1.807, 2.05) is 12.1 Å². The van der Waals surface area contributed by atoms with Crippen molar-refractivity contribution in [2.24, 2.45) is 0 Å². The van der Waals surface area contributed by atoms with Gasteiger partial charge in [-0.15, -0.1) is 0 Å². The quantitative estimate of drug-likeness (QED) is 0.296. The summed E-state index contributed by atoms with van der Waals surface area (Å²) in [4.78, 5) is 23.0. The molecule has 1 aliphatic carbocycles. The standard InChI is InChI=1S/C17H19NO4/c1-21-16(19)14(17(20)22-2)8-5-11-18-15-10-9-12-6-3-4-7-13(12)15/h3-8,11,15,18H,9-10H2,1-2H3. The van der Waals surface area contributed by atoms with Gasteiger partial charge in [0.25, 0.3) is 0 Å². The molecule has 5 heteroatoms. The summed E-state index contributed by atoms with van der Waals surface area (Å²) in [6, 6.07) is 8.56. The lowest BCUT2D eigenvalue weighted by molar-refractivity contribution is -0.144. The molecule has 0 saturated heterocycles. The predicted molar refractivity (Wildman–Crippen MR) is 81.9 cm³/mol.